The quantitative estimate of drug-likeness (QED) is 0.844. The highest BCUT2D eigenvalue weighted by Gasteiger charge is 2.25. The van der Waals surface area contributed by atoms with E-state index in [4.69, 9.17) is 5.11 Å². The second-order valence-electron chi connectivity index (χ2n) is 4.37. The molecule has 1 N–H and O–H groups in total. The lowest BCUT2D eigenvalue weighted by Crippen LogP contribution is -2.49. The van der Waals surface area contributed by atoms with E-state index < -0.39 is 5.97 Å². The number of urea groups is 1. The molecule has 0 atom stereocenters. The van der Waals surface area contributed by atoms with E-state index in [-0.39, 0.29) is 11.6 Å². The van der Waals surface area contributed by atoms with Crippen molar-refractivity contribution in [1.82, 2.24) is 4.90 Å². The Morgan fingerprint density at radius 2 is 2.00 bits per heavy atom. The van der Waals surface area contributed by atoms with Crippen molar-refractivity contribution in [2.24, 2.45) is 0 Å². The summed E-state index contributed by atoms with van der Waals surface area (Å²) in [7, 11) is 0. The lowest BCUT2D eigenvalue weighted by molar-refractivity contribution is 0.0697. The van der Waals surface area contributed by atoms with Gasteiger partial charge in [0.2, 0.25) is 0 Å². The Balaban J connectivity index is 2.18. The first-order valence-corrected chi connectivity index (χ1v) is 6.14. The fraction of sp³-hybridized carbons (Fsp3) is 0.286. The molecule has 0 bridgehead atoms. The molecule has 1 saturated heterocycles. The van der Waals surface area contributed by atoms with Crippen LogP contribution in [-0.4, -0.2) is 41.6 Å². The average molecular weight is 260 g/mol. The summed E-state index contributed by atoms with van der Waals surface area (Å²) in [4.78, 5) is 26.4. The summed E-state index contributed by atoms with van der Waals surface area (Å²) in [6.45, 7) is 5.55. The molecule has 1 aliphatic rings. The molecule has 1 aromatic carbocycles. The Hall–Kier alpha value is -2.30. The summed E-state index contributed by atoms with van der Waals surface area (Å²) in [6, 6.07) is 6.29. The standard InChI is InChI=1S/C14H16N2O3/c1-2-8-15-9-3-10-16(14(15)19)12-6-4-11(5-7-12)13(17)18/h2,4-7H,1,3,8-10H2,(H,17,18). The second kappa shape index (κ2) is 5.56. The SMILES string of the molecule is C=CCN1CCCN(c2ccc(C(=O)O)cc2)C1=O. The van der Waals surface area contributed by atoms with E-state index in [0.717, 1.165) is 18.7 Å². The third kappa shape index (κ3) is 2.76. The third-order valence-electron chi connectivity index (χ3n) is 3.09. The lowest BCUT2D eigenvalue weighted by Gasteiger charge is -2.35. The highest BCUT2D eigenvalue weighted by Crippen LogP contribution is 2.20. The molecule has 2 amide bonds. The topological polar surface area (TPSA) is 60.9 Å². The van der Waals surface area contributed by atoms with E-state index in [1.165, 1.54) is 12.1 Å². The first-order chi connectivity index (χ1) is 9.13. The van der Waals surface area contributed by atoms with Crippen LogP contribution in [0.15, 0.2) is 36.9 Å². The van der Waals surface area contributed by atoms with Crippen molar-refractivity contribution in [2.45, 2.75) is 6.42 Å². The molecule has 0 aliphatic carbocycles. The van der Waals surface area contributed by atoms with Crippen molar-refractivity contribution in [1.29, 1.82) is 0 Å². The van der Waals surface area contributed by atoms with Gasteiger partial charge >= 0.3 is 12.0 Å². The number of hydrogen-bond acceptors (Lipinski definition) is 2. The van der Waals surface area contributed by atoms with Crippen LogP contribution in [0.3, 0.4) is 0 Å². The van der Waals surface area contributed by atoms with Gasteiger partial charge in [0, 0.05) is 25.3 Å². The summed E-state index contributed by atoms with van der Waals surface area (Å²) in [5.74, 6) is -0.968. The van der Waals surface area contributed by atoms with Gasteiger partial charge in [-0.05, 0) is 30.7 Å². The zero-order valence-corrected chi connectivity index (χ0v) is 10.6. The molecule has 0 unspecified atom stereocenters. The number of rotatable bonds is 4. The summed E-state index contributed by atoms with van der Waals surface area (Å²) >= 11 is 0. The lowest BCUT2D eigenvalue weighted by atomic mass is 10.2. The van der Waals surface area contributed by atoms with Gasteiger partial charge in [-0.2, -0.15) is 0 Å². The van der Waals surface area contributed by atoms with Gasteiger partial charge in [-0.25, -0.2) is 9.59 Å². The first-order valence-electron chi connectivity index (χ1n) is 6.14. The predicted molar refractivity (Wildman–Crippen MR) is 72.5 cm³/mol. The average Bonchev–Trinajstić information content (AvgIpc) is 2.41. The smallest absolute Gasteiger partial charge is 0.335 e. The molecule has 5 heteroatoms. The fourth-order valence-electron chi connectivity index (χ4n) is 2.13. The van der Waals surface area contributed by atoms with Gasteiger partial charge in [-0.3, -0.25) is 4.90 Å². The van der Waals surface area contributed by atoms with Crippen LogP contribution in [0.2, 0.25) is 0 Å². The number of nitrogens with zero attached hydrogens (tertiary/aromatic N) is 2. The molecule has 100 valence electrons. The largest absolute Gasteiger partial charge is 0.478 e. The number of amides is 2. The molecule has 1 aromatic rings. The molecule has 0 saturated carbocycles. The minimum Gasteiger partial charge on any atom is -0.478 e. The summed E-state index contributed by atoms with van der Waals surface area (Å²) in [5.41, 5.74) is 0.944. The molecule has 0 radical (unpaired) electrons. The second-order valence-corrected chi connectivity index (χ2v) is 4.37. The van der Waals surface area contributed by atoms with Crippen LogP contribution in [0.5, 0.6) is 0 Å². The Bertz CT molecular complexity index is 496. The zero-order chi connectivity index (χ0) is 13.8. The van der Waals surface area contributed by atoms with Crippen LogP contribution < -0.4 is 4.90 Å². The molecular weight excluding hydrogens is 244 g/mol. The van der Waals surface area contributed by atoms with E-state index in [9.17, 15) is 9.59 Å². The molecule has 1 heterocycles. The molecule has 1 fully saturated rings. The van der Waals surface area contributed by atoms with Gasteiger partial charge in [-0.1, -0.05) is 6.08 Å². The molecule has 0 spiro atoms. The van der Waals surface area contributed by atoms with E-state index in [1.807, 2.05) is 0 Å². The van der Waals surface area contributed by atoms with Gasteiger partial charge in [0.25, 0.3) is 0 Å². The molecule has 2 rings (SSSR count). The maximum Gasteiger partial charge on any atom is 0.335 e. The monoisotopic (exact) mass is 260 g/mol. The number of carboxylic acids is 1. The maximum atomic E-state index is 12.2. The number of anilines is 1. The van der Waals surface area contributed by atoms with Crippen LogP contribution >= 0.6 is 0 Å². The molecule has 19 heavy (non-hydrogen) atoms. The van der Waals surface area contributed by atoms with Crippen molar-refractivity contribution in [3.63, 3.8) is 0 Å². The number of hydrogen-bond donors (Lipinski definition) is 1. The zero-order valence-electron chi connectivity index (χ0n) is 10.6. The molecular formula is C14H16N2O3. The fourth-order valence-corrected chi connectivity index (χ4v) is 2.13. The van der Waals surface area contributed by atoms with E-state index in [1.54, 1.807) is 28.0 Å². The Morgan fingerprint density at radius 1 is 1.32 bits per heavy atom. The summed E-state index contributed by atoms with van der Waals surface area (Å²) < 4.78 is 0. The van der Waals surface area contributed by atoms with Crippen molar-refractivity contribution in [2.75, 3.05) is 24.5 Å². The normalized spacial score (nSPS) is 15.5. The van der Waals surface area contributed by atoms with Gasteiger partial charge in [-0.15, -0.1) is 6.58 Å². The number of aromatic carboxylic acids is 1. The van der Waals surface area contributed by atoms with Crippen LogP contribution in [0.4, 0.5) is 10.5 Å². The summed E-state index contributed by atoms with van der Waals surface area (Å²) in [5, 5.41) is 8.85. The van der Waals surface area contributed by atoms with E-state index in [2.05, 4.69) is 6.58 Å². The van der Waals surface area contributed by atoms with Crippen molar-refractivity contribution in [3.05, 3.63) is 42.5 Å². The summed E-state index contributed by atoms with van der Waals surface area (Å²) in [6.07, 6.45) is 2.59. The van der Waals surface area contributed by atoms with Crippen molar-refractivity contribution < 1.29 is 14.7 Å². The van der Waals surface area contributed by atoms with E-state index in [0.29, 0.717) is 13.1 Å². The van der Waals surface area contributed by atoms with Gasteiger partial charge in [0.05, 0.1) is 5.56 Å². The van der Waals surface area contributed by atoms with Crippen molar-refractivity contribution >= 4 is 17.7 Å². The molecule has 1 aliphatic heterocycles. The minimum absolute atomic E-state index is 0.0609. The minimum atomic E-state index is -0.968. The number of carbonyl (C=O) groups is 2. The van der Waals surface area contributed by atoms with Crippen LogP contribution in [0, 0.1) is 0 Å². The maximum absolute atomic E-state index is 12.2. The Labute approximate surface area is 111 Å². The Kier molecular flexibility index (Phi) is 3.85. The Morgan fingerprint density at radius 3 is 2.58 bits per heavy atom. The van der Waals surface area contributed by atoms with Crippen LogP contribution in [0.1, 0.15) is 16.8 Å². The first kappa shape index (κ1) is 13.1. The van der Waals surface area contributed by atoms with Crippen LogP contribution in [0.25, 0.3) is 0 Å². The number of carboxylic acid groups (broad SMARTS) is 1. The number of benzene rings is 1. The van der Waals surface area contributed by atoms with Crippen molar-refractivity contribution in [3.8, 4) is 0 Å². The predicted octanol–water partition coefficient (Wildman–Crippen LogP) is 2.20. The molecule has 5 nitrogen and oxygen atoms in total. The van der Waals surface area contributed by atoms with Gasteiger partial charge in [0.15, 0.2) is 0 Å². The number of carbonyl (C=O) groups excluding carboxylic acids is 1. The van der Waals surface area contributed by atoms with E-state index >= 15 is 0 Å². The van der Waals surface area contributed by atoms with Gasteiger partial charge in [0.1, 0.15) is 0 Å². The highest BCUT2D eigenvalue weighted by molar-refractivity contribution is 5.94. The third-order valence-corrected chi connectivity index (χ3v) is 3.09. The molecule has 0 aromatic heterocycles. The highest BCUT2D eigenvalue weighted by atomic mass is 16.4. The van der Waals surface area contributed by atoms with Crippen LogP contribution in [-0.2, 0) is 0 Å². The van der Waals surface area contributed by atoms with Gasteiger partial charge < -0.3 is 10.0 Å².